The standard InChI is InChI=1S/C8H19N4.CF3.3CH3.3ClH.Ti/c1-2-10-5-6-12-8-7-11-4-3-9-1;2-1(3)4;;;;;;;/h9-11H,1-8H2;;3*1H3;3*1H;/q5*-1;;;;. The molecule has 0 saturated carbocycles. The van der Waals surface area contributed by atoms with Crippen LogP contribution in [0.25, 0.3) is 5.32 Å². The fourth-order valence-electron chi connectivity index (χ4n) is 1.16. The summed E-state index contributed by atoms with van der Waals surface area (Å²) < 4.78 is 28.8. The van der Waals surface area contributed by atoms with Gasteiger partial charge in [-0.25, -0.2) is 0 Å². The molecule has 4 nitrogen and oxygen atoms in total. The molecule has 1 saturated heterocycles. The van der Waals surface area contributed by atoms with Gasteiger partial charge in [0.15, 0.2) is 6.68 Å². The summed E-state index contributed by atoms with van der Waals surface area (Å²) in [7, 11) is 0. The molecule has 0 aliphatic carbocycles. The van der Waals surface area contributed by atoms with Crippen molar-refractivity contribution in [2.45, 2.75) is 0 Å². The molecule has 0 aromatic rings. The van der Waals surface area contributed by atoms with Gasteiger partial charge in [-0.2, -0.15) is 0 Å². The molecule has 0 aromatic heterocycles. The zero-order valence-electron chi connectivity index (χ0n) is 14.0. The molecular weight excluding hydrogens is 411 g/mol. The number of rotatable bonds is 0. The van der Waals surface area contributed by atoms with Crippen molar-refractivity contribution in [3.63, 3.8) is 0 Å². The molecule has 150 valence electrons. The molecule has 0 aromatic carbocycles. The van der Waals surface area contributed by atoms with Crippen molar-refractivity contribution in [1.29, 1.82) is 0 Å². The first-order valence-corrected chi connectivity index (χ1v) is 5.32. The number of nitrogens with one attached hydrogen (secondary N) is 3. The summed E-state index contributed by atoms with van der Waals surface area (Å²) in [4.78, 5) is 0. The molecule has 1 aliphatic rings. The minimum Gasteiger partial charge on any atom is -0.660 e. The van der Waals surface area contributed by atoms with E-state index in [0.29, 0.717) is 0 Å². The monoisotopic (exact) mass is 441 g/mol. The Hall–Kier alpha value is 1.21. The second-order valence-corrected chi connectivity index (χ2v) is 3.14. The average Bonchev–Trinajstić information content (AvgIpc) is 2.17. The first kappa shape index (κ1) is 49.6. The molecule has 0 radical (unpaired) electrons. The molecule has 0 bridgehead atoms. The third-order valence-electron chi connectivity index (χ3n) is 1.85. The molecule has 0 atom stereocenters. The Morgan fingerprint density at radius 2 is 0.826 bits per heavy atom. The van der Waals surface area contributed by atoms with Gasteiger partial charge < -0.3 is 56.7 Å². The van der Waals surface area contributed by atoms with Gasteiger partial charge in [0.2, 0.25) is 0 Å². The Morgan fingerprint density at radius 1 is 0.609 bits per heavy atom. The van der Waals surface area contributed by atoms with E-state index < -0.39 is 6.68 Å². The predicted octanol–water partition coefficient (Wildman–Crippen LogP) is 3.10. The quantitative estimate of drug-likeness (QED) is 0.399. The summed E-state index contributed by atoms with van der Waals surface area (Å²) in [6, 6.07) is 0. The van der Waals surface area contributed by atoms with Gasteiger partial charge in [-0.3, -0.25) is 0 Å². The molecular formula is C12H31Cl3F3N4Ti-5. The van der Waals surface area contributed by atoms with E-state index in [1.807, 2.05) is 0 Å². The molecule has 1 heterocycles. The van der Waals surface area contributed by atoms with E-state index in [1.165, 1.54) is 0 Å². The maximum absolute atomic E-state index is 9.58. The first-order valence-electron chi connectivity index (χ1n) is 5.32. The van der Waals surface area contributed by atoms with Crippen LogP contribution in [0.2, 0.25) is 0 Å². The summed E-state index contributed by atoms with van der Waals surface area (Å²) in [5, 5.41) is 14.4. The average molecular weight is 443 g/mol. The van der Waals surface area contributed by atoms with E-state index in [1.54, 1.807) is 0 Å². The van der Waals surface area contributed by atoms with E-state index in [4.69, 9.17) is 0 Å². The summed E-state index contributed by atoms with van der Waals surface area (Å²) in [6.07, 6.45) is 0. The Labute approximate surface area is 174 Å². The molecule has 11 heteroatoms. The normalized spacial score (nSPS) is 14.1. The molecule has 23 heavy (non-hydrogen) atoms. The van der Waals surface area contributed by atoms with E-state index in [9.17, 15) is 13.2 Å². The Bertz CT molecular complexity index is 113. The summed E-state index contributed by atoms with van der Waals surface area (Å²) >= 11 is 0. The number of hydrogen-bond donors (Lipinski definition) is 3. The number of halogens is 6. The smallest absolute Gasteiger partial charge is 0.154 e. The van der Waals surface area contributed by atoms with Gasteiger partial charge in [0, 0.05) is 47.9 Å². The van der Waals surface area contributed by atoms with Crippen molar-refractivity contribution in [2.24, 2.45) is 0 Å². The van der Waals surface area contributed by atoms with Crippen LogP contribution >= 0.6 is 37.2 Å². The Morgan fingerprint density at radius 3 is 1.09 bits per heavy atom. The van der Waals surface area contributed by atoms with Crippen molar-refractivity contribution < 1.29 is 34.9 Å². The van der Waals surface area contributed by atoms with Crippen LogP contribution < -0.4 is 16.0 Å². The minimum absolute atomic E-state index is 0. The Kier molecular flexibility index (Phi) is 94.0. The zero-order chi connectivity index (χ0) is 12.1. The predicted molar refractivity (Wildman–Crippen MR) is 99.3 cm³/mol. The van der Waals surface area contributed by atoms with Crippen LogP contribution in [0.4, 0.5) is 13.2 Å². The zero-order valence-corrected chi connectivity index (χ0v) is 18.0. The second kappa shape index (κ2) is 43.6. The van der Waals surface area contributed by atoms with Gasteiger partial charge in [0.1, 0.15) is 0 Å². The topological polar surface area (TPSA) is 50.2 Å². The van der Waals surface area contributed by atoms with E-state index in [2.05, 4.69) is 21.3 Å². The molecule has 1 aliphatic heterocycles. The van der Waals surface area contributed by atoms with Crippen LogP contribution in [0.15, 0.2) is 0 Å². The maximum Gasteiger partial charge on any atom is 0.154 e. The molecule has 1 fully saturated rings. The van der Waals surface area contributed by atoms with Crippen LogP contribution in [0.3, 0.4) is 0 Å². The van der Waals surface area contributed by atoms with Gasteiger partial charge in [-0.1, -0.05) is 0 Å². The van der Waals surface area contributed by atoms with Gasteiger partial charge in [0.05, 0.1) is 0 Å². The summed E-state index contributed by atoms with van der Waals surface area (Å²) in [5.74, 6) is 0. The van der Waals surface area contributed by atoms with E-state index in [-0.39, 0.29) is 81.2 Å². The molecule has 0 spiro atoms. The molecule has 0 amide bonds. The fraction of sp³-hybridized carbons (Fsp3) is 0.667. The van der Waals surface area contributed by atoms with Gasteiger partial charge in [0.25, 0.3) is 0 Å². The van der Waals surface area contributed by atoms with Crippen LogP contribution in [-0.4, -0.2) is 52.4 Å². The number of nitrogens with zero attached hydrogens (tertiary/aromatic N) is 1. The largest absolute Gasteiger partial charge is 0.660 e. The SMILES string of the molecule is C1CNCCNCCNCC[N-]1.Cl.Cl.Cl.F[C-](F)F.[CH3-].[CH3-].[CH3-].[Ti]. The van der Waals surface area contributed by atoms with Crippen molar-refractivity contribution >= 4 is 37.2 Å². The number of hydrogen-bond acceptors (Lipinski definition) is 3. The van der Waals surface area contributed by atoms with Crippen LogP contribution in [-0.2, 0) is 21.7 Å². The van der Waals surface area contributed by atoms with Gasteiger partial charge >= 0.3 is 0 Å². The molecule has 0 unspecified atom stereocenters. The third-order valence-corrected chi connectivity index (χ3v) is 1.85. The minimum atomic E-state index is -3.08. The molecule has 1 rings (SSSR count). The Balaban J connectivity index is -0.0000000312. The van der Waals surface area contributed by atoms with Crippen LogP contribution in [0.1, 0.15) is 0 Å². The first-order chi connectivity index (χ1) is 7.73. The van der Waals surface area contributed by atoms with Crippen molar-refractivity contribution in [2.75, 3.05) is 52.4 Å². The second-order valence-electron chi connectivity index (χ2n) is 3.14. The van der Waals surface area contributed by atoms with Crippen molar-refractivity contribution in [1.82, 2.24) is 16.0 Å². The van der Waals surface area contributed by atoms with Crippen LogP contribution in [0, 0.1) is 29.0 Å². The summed E-state index contributed by atoms with van der Waals surface area (Å²) in [5.41, 5.74) is 0. The van der Waals surface area contributed by atoms with Crippen molar-refractivity contribution in [3.05, 3.63) is 34.3 Å². The van der Waals surface area contributed by atoms with Gasteiger partial charge in [-0.05, 0) is 13.1 Å². The summed E-state index contributed by atoms with van der Waals surface area (Å²) in [6.45, 7) is 5.06. The van der Waals surface area contributed by atoms with E-state index in [0.717, 1.165) is 52.4 Å². The molecule has 3 N–H and O–H groups in total. The van der Waals surface area contributed by atoms with Crippen LogP contribution in [0.5, 0.6) is 0 Å². The maximum atomic E-state index is 9.58. The fourth-order valence-corrected chi connectivity index (χ4v) is 1.16. The van der Waals surface area contributed by atoms with Crippen molar-refractivity contribution in [3.8, 4) is 0 Å². The third kappa shape index (κ3) is 59.8. The van der Waals surface area contributed by atoms with Gasteiger partial charge in [-0.15, -0.1) is 50.3 Å². The van der Waals surface area contributed by atoms with E-state index >= 15 is 0 Å².